The van der Waals surface area contributed by atoms with Crippen molar-refractivity contribution in [2.45, 2.75) is 19.8 Å². The van der Waals surface area contributed by atoms with Gasteiger partial charge in [0.2, 0.25) is 0 Å². The molecule has 0 rings (SSSR count). The maximum Gasteiger partial charge on any atom is 0.414 e. The molecule has 0 amide bonds. The van der Waals surface area contributed by atoms with Crippen LogP contribution in [0.15, 0.2) is 12.2 Å². The van der Waals surface area contributed by atoms with Gasteiger partial charge in [-0.3, -0.25) is 11.3 Å². The molecule has 0 fully saturated rings. The van der Waals surface area contributed by atoms with Crippen molar-refractivity contribution in [3.8, 4) is 0 Å². The zero-order valence-corrected chi connectivity index (χ0v) is 8.06. The van der Waals surface area contributed by atoms with Crippen LogP contribution in [0, 0.1) is 0 Å². The van der Waals surface area contributed by atoms with Crippen LogP contribution in [-0.4, -0.2) is 28.7 Å². The number of carboxylic acid groups (broad SMARTS) is 2. The van der Waals surface area contributed by atoms with E-state index in [1.807, 2.05) is 6.08 Å². The fraction of sp³-hybridized carbons (Fsp3) is 0.500. The molecule has 6 heteroatoms. The average molecular weight is 204 g/mol. The van der Waals surface area contributed by atoms with Gasteiger partial charge in [0.05, 0.1) is 0 Å². The van der Waals surface area contributed by atoms with Gasteiger partial charge in [-0.15, -0.1) is 0 Å². The lowest BCUT2D eigenvalue weighted by Crippen LogP contribution is -2.21. The van der Waals surface area contributed by atoms with Gasteiger partial charge in [-0.1, -0.05) is 25.5 Å². The van der Waals surface area contributed by atoms with E-state index >= 15 is 0 Å². The summed E-state index contributed by atoms with van der Waals surface area (Å²) in [5.74, 6) is 1.36. The minimum absolute atomic E-state index is 0.778. The van der Waals surface area contributed by atoms with E-state index in [1.165, 1.54) is 6.42 Å². The van der Waals surface area contributed by atoms with Crippen molar-refractivity contribution >= 4 is 11.9 Å². The standard InChI is InChI=1S/C6H14N2.C2H2O4/c1-2-3-4-5-6-8-7;3-1(4)2(5)6/h4-5,8H,2-3,6-7H2,1H3;(H,3,4)(H,5,6)/b5-4+;. The van der Waals surface area contributed by atoms with Crippen molar-refractivity contribution in [2.24, 2.45) is 5.84 Å². The number of carbonyl (C=O) groups is 2. The Hall–Kier alpha value is -1.40. The number of carboxylic acids is 2. The third-order valence-corrected chi connectivity index (χ3v) is 1.04. The SMILES string of the molecule is CCC/C=C/CNN.O=C(O)C(=O)O. The molecule has 0 heterocycles. The molecule has 0 aliphatic carbocycles. The van der Waals surface area contributed by atoms with E-state index in [0.29, 0.717) is 0 Å². The number of hydrazine groups is 1. The van der Waals surface area contributed by atoms with Gasteiger partial charge in [0.25, 0.3) is 0 Å². The van der Waals surface area contributed by atoms with Crippen molar-refractivity contribution in [1.82, 2.24) is 5.43 Å². The second-order valence-electron chi connectivity index (χ2n) is 2.28. The molecule has 0 saturated heterocycles. The molecule has 5 N–H and O–H groups in total. The molecule has 0 atom stereocenters. The summed E-state index contributed by atoms with van der Waals surface area (Å²) in [6, 6.07) is 0. The van der Waals surface area contributed by atoms with E-state index in [0.717, 1.165) is 13.0 Å². The maximum absolute atomic E-state index is 9.10. The average Bonchev–Trinajstić information content (AvgIpc) is 2.13. The van der Waals surface area contributed by atoms with E-state index in [1.54, 1.807) is 0 Å². The van der Waals surface area contributed by atoms with Gasteiger partial charge in [0, 0.05) is 6.54 Å². The second-order valence-corrected chi connectivity index (χ2v) is 2.28. The molecule has 0 aliphatic heterocycles. The highest BCUT2D eigenvalue weighted by Crippen LogP contribution is 1.85. The Kier molecular flexibility index (Phi) is 12.5. The first-order valence-electron chi connectivity index (χ1n) is 4.10. The highest BCUT2D eigenvalue weighted by molar-refractivity contribution is 6.27. The summed E-state index contributed by atoms with van der Waals surface area (Å²) in [5, 5.41) is 14.8. The first kappa shape index (κ1) is 15.1. The minimum atomic E-state index is -1.82. The Balaban J connectivity index is 0. The monoisotopic (exact) mass is 204 g/mol. The van der Waals surface area contributed by atoms with Crippen molar-refractivity contribution in [3.63, 3.8) is 0 Å². The Labute approximate surface area is 82.4 Å². The molecular weight excluding hydrogens is 188 g/mol. The first-order valence-corrected chi connectivity index (χ1v) is 4.10. The topological polar surface area (TPSA) is 113 Å². The van der Waals surface area contributed by atoms with Gasteiger partial charge >= 0.3 is 11.9 Å². The fourth-order valence-electron chi connectivity index (χ4n) is 0.436. The van der Waals surface area contributed by atoms with Crippen LogP contribution in [0.2, 0.25) is 0 Å². The van der Waals surface area contributed by atoms with Crippen molar-refractivity contribution < 1.29 is 19.8 Å². The predicted octanol–water partition coefficient (Wildman–Crippen LogP) is -0.0384. The molecule has 0 radical (unpaired) electrons. The van der Waals surface area contributed by atoms with E-state index in [-0.39, 0.29) is 0 Å². The van der Waals surface area contributed by atoms with Gasteiger partial charge < -0.3 is 10.2 Å². The number of rotatable bonds is 4. The fourth-order valence-corrected chi connectivity index (χ4v) is 0.436. The number of unbranched alkanes of at least 4 members (excludes halogenated alkanes) is 1. The molecule has 0 unspecified atom stereocenters. The van der Waals surface area contributed by atoms with Crippen molar-refractivity contribution in [2.75, 3.05) is 6.54 Å². The van der Waals surface area contributed by atoms with E-state index in [9.17, 15) is 0 Å². The summed E-state index contributed by atoms with van der Waals surface area (Å²) in [7, 11) is 0. The normalized spacial score (nSPS) is 9.29. The zero-order valence-electron chi connectivity index (χ0n) is 8.06. The third-order valence-electron chi connectivity index (χ3n) is 1.04. The van der Waals surface area contributed by atoms with E-state index < -0.39 is 11.9 Å². The van der Waals surface area contributed by atoms with Gasteiger partial charge in [-0.25, -0.2) is 9.59 Å². The van der Waals surface area contributed by atoms with Gasteiger partial charge in [-0.2, -0.15) is 0 Å². The predicted molar refractivity (Wildman–Crippen MR) is 51.5 cm³/mol. The van der Waals surface area contributed by atoms with Crippen LogP contribution < -0.4 is 11.3 Å². The van der Waals surface area contributed by atoms with Crippen LogP contribution >= 0.6 is 0 Å². The molecule has 0 aromatic carbocycles. The summed E-state index contributed by atoms with van der Waals surface area (Å²) < 4.78 is 0. The summed E-state index contributed by atoms with van der Waals surface area (Å²) in [4.78, 5) is 18.2. The highest BCUT2D eigenvalue weighted by atomic mass is 16.4. The van der Waals surface area contributed by atoms with Crippen LogP contribution in [0.25, 0.3) is 0 Å². The van der Waals surface area contributed by atoms with Crippen LogP contribution in [0.3, 0.4) is 0 Å². The molecule has 0 saturated carbocycles. The Morgan fingerprint density at radius 1 is 1.29 bits per heavy atom. The molecular formula is C8H16N2O4. The molecule has 0 aliphatic rings. The summed E-state index contributed by atoms with van der Waals surface area (Å²) in [5.41, 5.74) is 2.54. The largest absolute Gasteiger partial charge is 0.473 e. The third kappa shape index (κ3) is 16.9. The Morgan fingerprint density at radius 2 is 1.79 bits per heavy atom. The zero-order chi connectivity index (χ0) is 11.4. The molecule has 0 spiro atoms. The Bertz CT molecular complexity index is 172. The van der Waals surface area contributed by atoms with Gasteiger partial charge in [-0.05, 0) is 6.42 Å². The molecule has 14 heavy (non-hydrogen) atoms. The number of aliphatic carboxylic acids is 2. The van der Waals surface area contributed by atoms with Crippen LogP contribution in [-0.2, 0) is 9.59 Å². The van der Waals surface area contributed by atoms with Crippen LogP contribution in [0.1, 0.15) is 19.8 Å². The molecule has 0 bridgehead atoms. The molecule has 0 aromatic heterocycles. The van der Waals surface area contributed by atoms with Crippen molar-refractivity contribution in [3.05, 3.63) is 12.2 Å². The van der Waals surface area contributed by atoms with Crippen LogP contribution in [0.4, 0.5) is 0 Å². The summed E-state index contributed by atoms with van der Waals surface area (Å²) in [6.07, 6.45) is 6.52. The van der Waals surface area contributed by atoms with Gasteiger partial charge in [0.15, 0.2) is 0 Å². The maximum atomic E-state index is 9.10. The second kappa shape index (κ2) is 11.6. The summed E-state index contributed by atoms with van der Waals surface area (Å²) >= 11 is 0. The summed E-state index contributed by atoms with van der Waals surface area (Å²) in [6.45, 7) is 2.93. The van der Waals surface area contributed by atoms with Crippen molar-refractivity contribution in [1.29, 1.82) is 0 Å². The van der Waals surface area contributed by atoms with Crippen LogP contribution in [0.5, 0.6) is 0 Å². The number of hydrogen-bond donors (Lipinski definition) is 4. The lowest BCUT2D eigenvalue weighted by molar-refractivity contribution is -0.159. The van der Waals surface area contributed by atoms with Gasteiger partial charge in [0.1, 0.15) is 0 Å². The lowest BCUT2D eigenvalue weighted by atomic mass is 10.3. The smallest absolute Gasteiger partial charge is 0.414 e. The number of allylic oxidation sites excluding steroid dienone is 1. The number of nitrogens with one attached hydrogen (secondary N) is 1. The lowest BCUT2D eigenvalue weighted by Gasteiger charge is -1.86. The Morgan fingerprint density at radius 3 is 2.07 bits per heavy atom. The van der Waals surface area contributed by atoms with E-state index in [4.69, 9.17) is 25.6 Å². The molecule has 0 aromatic rings. The number of hydrogen-bond acceptors (Lipinski definition) is 4. The quantitative estimate of drug-likeness (QED) is 0.221. The highest BCUT2D eigenvalue weighted by Gasteiger charge is 2.04. The van der Waals surface area contributed by atoms with E-state index in [2.05, 4.69) is 18.4 Å². The minimum Gasteiger partial charge on any atom is -0.473 e. The molecule has 82 valence electrons. The number of nitrogens with two attached hydrogens (primary N) is 1. The molecule has 6 nitrogen and oxygen atoms in total. The first-order chi connectivity index (χ1) is 6.56.